The third-order valence-electron chi connectivity index (χ3n) is 3.97. The van der Waals surface area contributed by atoms with Crippen LogP contribution in [0.5, 0.6) is 0 Å². The zero-order valence-corrected chi connectivity index (χ0v) is 13.1. The summed E-state index contributed by atoms with van der Waals surface area (Å²) in [7, 11) is 1.79. The zero-order chi connectivity index (χ0) is 14.4. The van der Waals surface area contributed by atoms with Crippen molar-refractivity contribution in [3.8, 4) is 0 Å². The van der Waals surface area contributed by atoms with Crippen molar-refractivity contribution in [3.63, 3.8) is 0 Å². The number of nitrogens with one attached hydrogen (secondary N) is 1. The van der Waals surface area contributed by atoms with Crippen molar-refractivity contribution in [2.75, 3.05) is 33.4 Å². The number of likely N-dealkylation sites (tertiary alicyclic amines) is 1. The molecule has 1 aromatic heterocycles. The standard InChI is InChI=1S/C16H28N2O2/c1-4-6-17-9-15-8-16(20-13(15)2)11-18-7-5-14(10-18)12-19-3/h8,14,17H,4-7,9-12H2,1-3H3. The molecule has 0 spiro atoms. The average molecular weight is 280 g/mol. The summed E-state index contributed by atoms with van der Waals surface area (Å²) in [6.07, 6.45) is 2.40. The second kappa shape index (κ2) is 7.81. The van der Waals surface area contributed by atoms with Crippen LogP contribution in [0.1, 0.15) is 36.8 Å². The fourth-order valence-corrected chi connectivity index (χ4v) is 2.89. The number of hydrogen-bond donors (Lipinski definition) is 1. The molecule has 1 atom stereocenters. The summed E-state index contributed by atoms with van der Waals surface area (Å²) in [5, 5.41) is 3.43. The molecular weight excluding hydrogens is 252 g/mol. The minimum Gasteiger partial charge on any atom is -0.465 e. The fourth-order valence-electron chi connectivity index (χ4n) is 2.89. The molecule has 20 heavy (non-hydrogen) atoms. The maximum absolute atomic E-state index is 5.89. The molecule has 114 valence electrons. The highest BCUT2D eigenvalue weighted by molar-refractivity contribution is 5.20. The Morgan fingerprint density at radius 3 is 3.10 bits per heavy atom. The second-order valence-corrected chi connectivity index (χ2v) is 5.82. The predicted molar refractivity (Wildman–Crippen MR) is 80.7 cm³/mol. The Balaban J connectivity index is 1.83. The average Bonchev–Trinajstić information content (AvgIpc) is 2.99. The summed E-state index contributed by atoms with van der Waals surface area (Å²) in [5.41, 5.74) is 1.29. The molecule has 0 radical (unpaired) electrons. The lowest BCUT2D eigenvalue weighted by Gasteiger charge is -2.13. The van der Waals surface area contributed by atoms with Gasteiger partial charge >= 0.3 is 0 Å². The molecule has 1 fully saturated rings. The summed E-state index contributed by atoms with van der Waals surface area (Å²) in [4.78, 5) is 2.46. The highest BCUT2D eigenvalue weighted by Crippen LogP contribution is 2.21. The first-order valence-corrected chi connectivity index (χ1v) is 7.73. The predicted octanol–water partition coefficient (Wildman–Crippen LogP) is 2.56. The molecule has 2 heterocycles. The number of nitrogens with zero attached hydrogens (tertiary/aromatic N) is 1. The molecule has 4 heteroatoms. The van der Waals surface area contributed by atoms with Gasteiger partial charge in [-0.3, -0.25) is 4.90 Å². The number of methoxy groups -OCH3 is 1. The molecule has 4 nitrogen and oxygen atoms in total. The van der Waals surface area contributed by atoms with Crippen LogP contribution in [0.25, 0.3) is 0 Å². The van der Waals surface area contributed by atoms with Gasteiger partial charge in [0, 0.05) is 25.8 Å². The first-order chi connectivity index (χ1) is 9.72. The van der Waals surface area contributed by atoms with Crippen LogP contribution >= 0.6 is 0 Å². The van der Waals surface area contributed by atoms with Gasteiger partial charge in [-0.15, -0.1) is 0 Å². The summed E-state index contributed by atoms with van der Waals surface area (Å²) in [5.74, 6) is 2.83. The van der Waals surface area contributed by atoms with Gasteiger partial charge in [0.05, 0.1) is 13.2 Å². The molecule has 1 N–H and O–H groups in total. The van der Waals surface area contributed by atoms with Gasteiger partial charge in [0.2, 0.25) is 0 Å². The number of furan rings is 1. The van der Waals surface area contributed by atoms with Crippen molar-refractivity contribution in [1.82, 2.24) is 10.2 Å². The van der Waals surface area contributed by atoms with E-state index < -0.39 is 0 Å². The van der Waals surface area contributed by atoms with Crippen molar-refractivity contribution in [2.45, 2.75) is 39.8 Å². The number of rotatable bonds is 8. The molecule has 0 amide bonds. The normalized spacial score (nSPS) is 19.9. The Morgan fingerprint density at radius 2 is 2.35 bits per heavy atom. The smallest absolute Gasteiger partial charge is 0.118 e. The molecule has 2 rings (SSSR count). The van der Waals surface area contributed by atoms with Gasteiger partial charge in [0.15, 0.2) is 0 Å². The van der Waals surface area contributed by atoms with Crippen LogP contribution < -0.4 is 5.32 Å². The Labute approximate surface area is 122 Å². The lowest BCUT2D eigenvalue weighted by molar-refractivity contribution is 0.151. The van der Waals surface area contributed by atoms with E-state index >= 15 is 0 Å². The highest BCUT2D eigenvalue weighted by Gasteiger charge is 2.23. The summed E-state index contributed by atoms with van der Waals surface area (Å²) in [6, 6.07) is 2.21. The van der Waals surface area contributed by atoms with Gasteiger partial charge in [-0.25, -0.2) is 0 Å². The van der Waals surface area contributed by atoms with Crippen molar-refractivity contribution < 1.29 is 9.15 Å². The van der Waals surface area contributed by atoms with Gasteiger partial charge in [-0.1, -0.05) is 6.92 Å². The van der Waals surface area contributed by atoms with Gasteiger partial charge < -0.3 is 14.5 Å². The van der Waals surface area contributed by atoms with Crippen molar-refractivity contribution in [1.29, 1.82) is 0 Å². The van der Waals surface area contributed by atoms with E-state index in [-0.39, 0.29) is 0 Å². The van der Waals surface area contributed by atoms with Crippen LogP contribution in [-0.2, 0) is 17.8 Å². The molecule has 1 unspecified atom stereocenters. The van der Waals surface area contributed by atoms with Gasteiger partial charge in [-0.2, -0.15) is 0 Å². The van der Waals surface area contributed by atoms with E-state index in [1.165, 1.54) is 18.4 Å². The number of ether oxygens (including phenoxy) is 1. The Morgan fingerprint density at radius 1 is 1.50 bits per heavy atom. The lowest BCUT2D eigenvalue weighted by Crippen LogP contribution is -2.21. The quantitative estimate of drug-likeness (QED) is 0.743. The Hall–Kier alpha value is -0.840. The van der Waals surface area contributed by atoms with Crippen molar-refractivity contribution >= 4 is 0 Å². The number of hydrogen-bond acceptors (Lipinski definition) is 4. The topological polar surface area (TPSA) is 37.6 Å². The van der Waals surface area contributed by atoms with E-state index in [2.05, 4.69) is 30.1 Å². The van der Waals surface area contributed by atoms with Crippen LogP contribution in [0, 0.1) is 12.8 Å². The zero-order valence-electron chi connectivity index (χ0n) is 13.1. The molecule has 1 aliphatic rings. The van der Waals surface area contributed by atoms with E-state index in [4.69, 9.17) is 9.15 Å². The molecule has 1 saturated heterocycles. The number of aryl methyl sites for hydroxylation is 1. The highest BCUT2D eigenvalue weighted by atomic mass is 16.5. The molecule has 0 aromatic carbocycles. The molecule has 0 aliphatic carbocycles. The largest absolute Gasteiger partial charge is 0.465 e. The fraction of sp³-hybridized carbons (Fsp3) is 0.750. The first-order valence-electron chi connectivity index (χ1n) is 7.73. The van der Waals surface area contributed by atoms with Gasteiger partial charge in [0.25, 0.3) is 0 Å². The van der Waals surface area contributed by atoms with E-state index in [9.17, 15) is 0 Å². The minimum absolute atomic E-state index is 0.682. The van der Waals surface area contributed by atoms with Gasteiger partial charge in [0.1, 0.15) is 11.5 Å². The maximum atomic E-state index is 5.89. The van der Waals surface area contributed by atoms with Crippen LogP contribution in [0.3, 0.4) is 0 Å². The molecule has 0 bridgehead atoms. The van der Waals surface area contributed by atoms with E-state index in [0.29, 0.717) is 5.92 Å². The summed E-state index contributed by atoms with van der Waals surface area (Å²) in [6.45, 7) is 10.3. The second-order valence-electron chi connectivity index (χ2n) is 5.82. The van der Waals surface area contributed by atoms with E-state index in [1.54, 1.807) is 7.11 Å². The van der Waals surface area contributed by atoms with E-state index in [1.807, 2.05) is 0 Å². The van der Waals surface area contributed by atoms with E-state index in [0.717, 1.165) is 50.9 Å². The van der Waals surface area contributed by atoms with Crippen LogP contribution in [0.4, 0.5) is 0 Å². The van der Waals surface area contributed by atoms with Crippen LogP contribution in [0.15, 0.2) is 10.5 Å². The third-order valence-corrected chi connectivity index (χ3v) is 3.97. The monoisotopic (exact) mass is 280 g/mol. The van der Waals surface area contributed by atoms with Crippen LogP contribution in [-0.4, -0.2) is 38.3 Å². The molecule has 1 aliphatic heterocycles. The first kappa shape index (κ1) is 15.5. The maximum Gasteiger partial charge on any atom is 0.118 e. The van der Waals surface area contributed by atoms with Crippen molar-refractivity contribution in [3.05, 3.63) is 23.2 Å². The molecule has 0 saturated carbocycles. The SMILES string of the molecule is CCCNCc1cc(CN2CCC(COC)C2)oc1C. The molecular formula is C16H28N2O2. The van der Waals surface area contributed by atoms with Crippen molar-refractivity contribution in [2.24, 2.45) is 5.92 Å². The minimum atomic E-state index is 0.682. The van der Waals surface area contributed by atoms with Crippen LogP contribution in [0.2, 0.25) is 0 Å². The third kappa shape index (κ3) is 4.33. The summed E-state index contributed by atoms with van der Waals surface area (Å²) < 4.78 is 11.1. The lowest BCUT2D eigenvalue weighted by atomic mass is 10.1. The Kier molecular flexibility index (Phi) is 6.07. The molecule has 1 aromatic rings. The summed E-state index contributed by atoms with van der Waals surface area (Å²) >= 11 is 0. The van der Waals surface area contributed by atoms with Gasteiger partial charge in [-0.05, 0) is 44.8 Å². The Bertz CT molecular complexity index is 403.